The number of rotatable bonds is 4. The number of dihydropyridines is 1. The van der Waals surface area contributed by atoms with E-state index in [9.17, 15) is 14.0 Å². The zero-order valence-electron chi connectivity index (χ0n) is 18.0. The predicted octanol–water partition coefficient (Wildman–Crippen LogP) is 5.28. The van der Waals surface area contributed by atoms with Gasteiger partial charge in [-0.25, -0.2) is 4.39 Å². The van der Waals surface area contributed by atoms with E-state index in [1.807, 2.05) is 30.5 Å². The standard InChI is InChI=1S/C26H22FN3O2S/c1-15-23(26(32)30-19-8-6-18(27)7-9-19)24(16-4-2-10-28-14-16)25-20(29-15)12-17(13-21(25)31)22-5-3-11-33-22/h2-11,14,17,24,29H,12-13H2,1H3,(H,30,32)/t17-,24-/m1/s1. The molecule has 1 aliphatic heterocycles. The molecular weight excluding hydrogens is 437 g/mol. The van der Waals surface area contributed by atoms with Gasteiger partial charge in [0, 0.05) is 63.8 Å². The molecule has 166 valence electrons. The van der Waals surface area contributed by atoms with Crippen LogP contribution >= 0.6 is 11.3 Å². The van der Waals surface area contributed by atoms with Gasteiger partial charge in [-0.1, -0.05) is 12.1 Å². The van der Waals surface area contributed by atoms with Crippen molar-refractivity contribution in [2.45, 2.75) is 31.6 Å². The molecule has 5 nitrogen and oxygen atoms in total. The van der Waals surface area contributed by atoms with Crippen LogP contribution in [0.15, 0.2) is 88.8 Å². The van der Waals surface area contributed by atoms with E-state index in [4.69, 9.17) is 0 Å². The topological polar surface area (TPSA) is 71.1 Å². The van der Waals surface area contributed by atoms with Crippen LogP contribution in [0.3, 0.4) is 0 Å². The molecule has 3 aromatic rings. The number of benzene rings is 1. The van der Waals surface area contributed by atoms with Crippen molar-refractivity contribution in [2.75, 3.05) is 5.32 Å². The highest BCUT2D eigenvalue weighted by molar-refractivity contribution is 7.10. The Morgan fingerprint density at radius 1 is 1.15 bits per heavy atom. The Balaban J connectivity index is 1.54. The van der Waals surface area contributed by atoms with Crippen LogP contribution in [-0.4, -0.2) is 16.7 Å². The minimum atomic E-state index is -0.521. The van der Waals surface area contributed by atoms with E-state index in [0.29, 0.717) is 35.4 Å². The van der Waals surface area contributed by atoms with Crippen molar-refractivity contribution in [3.8, 4) is 0 Å². The second kappa shape index (κ2) is 8.75. The molecule has 2 aliphatic rings. The summed E-state index contributed by atoms with van der Waals surface area (Å²) in [6, 6.07) is 13.4. The number of carbonyl (C=O) groups excluding carboxylic acids is 2. The minimum Gasteiger partial charge on any atom is -0.362 e. The number of ketones is 1. The first-order valence-corrected chi connectivity index (χ1v) is 11.6. The average molecular weight is 460 g/mol. The molecule has 3 heterocycles. The Morgan fingerprint density at radius 2 is 1.97 bits per heavy atom. The van der Waals surface area contributed by atoms with Crippen LogP contribution in [0.5, 0.6) is 0 Å². The highest BCUT2D eigenvalue weighted by atomic mass is 32.1. The van der Waals surface area contributed by atoms with Crippen LogP contribution in [0.2, 0.25) is 0 Å². The Hall–Kier alpha value is -3.58. The zero-order valence-corrected chi connectivity index (χ0v) is 18.8. The number of carbonyl (C=O) groups is 2. The molecule has 0 spiro atoms. The first-order valence-electron chi connectivity index (χ1n) is 10.8. The first kappa shape index (κ1) is 21.3. The second-order valence-corrected chi connectivity index (χ2v) is 9.26. The predicted molar refractivity (Wildman–Crippen MR) is 126 cm³/mol. The van der Waals surface area contributed by atoms with E-state index < -0.39 is 5.92 Å². The summed E-state index contributed by atoms with van der Waals surface area (Å²) in [7, 11) is 0. The van der Waals surface area contributed by atoms with Crippen molar-refractivity contribution in [3.63, 3.8) is 0 Å². The van der Waals surface area contributed by atoms with Gasteiger partial charge in [-0.3, -0.25) is 14.6 Å². The smallest absolute Gasteiger partial charge is 0.254 e. The molecule has 1 aliphatic carbocycles. The van der Waals surface area contributed by atoms with Gasteiger partial charge in [-0.05, 0) is 60.7 Å². The summed E-state index contributed by atoms with van der Waals surface area (Å²) < 4.78 is 13.3. The number of nitrogens with zero attached hydrogens (tertiary/aromatic N) is 1. The highest BCUT2D eigenvalue weighted by Gasteiger charge is 2.41. The Kier molecular flexibility index (Phi) is 5.64. The van der Waals surface area contributed by atoms with Gasteiger partial charge in [-0.15, -0.1) is 11.3 Å². The third-order valence-electron chi connectivity index (χ3n) is 6.14. The Morgan fingerprint density at radius 3 is 2.67 bits per heavy atom. The van der Waals surface area contributed by atoms with Crippen molar-refractivity contribution in [1.82, 2.24) is 10.3 Å². The highest BCUT2D eigenvalue weighted by Crippen LogP contribution is 2.46. The summed E-state index contributed by atoms with van der Waals surface area (Å²) in [5.74, 6) is -1.07. The minimum absolute atomic E-state index is 0.0376. The zero-order chi connectivity index (χ0) is 22.9. The van der Waals surface area contributed by atoms with Crippen molar-refractivity contribution in [1.29, 1.82) is 0 Å². The molecule has 7 heteroatoms. The van der Waals surface area contributed by atoms with E-state index in [1.54, 1.807) is 23.7 Å². The van der Waals surface area contributed by atoms with Crippen LogP contribution in [-0.2, 0) is 9.59 Å². The molecule has 0 saturated carbocycles. The fraction of sp³-hybridized carbons (Fsp3) is 0.192. The van der Waals surface area contributed by atoms with Crippen molar-refractivity contribution in [2.24, 2.45) is 0 Å². The molecule has 0 fully saturated rings. The van der Waals surface area contributed by atoms with Gasteiger partial charge in [0.25, 0.3) is 5.91 Å². The van der Waals surface area contributed by atoms with E-state index >= 15 is 0 Å². The van der Waals surface area contributed by atoms with Gasteiger partial charge in [0.1, 0.15) is 5.82 Å². The fourth-order valence-corrected chi connectivity index (χ4v) is 5.51. The number of anilines is 1. The van der Waals surface area contributed by atoms with Crippen LogP contribution in [0, 0.1) is 5.82 Å². The van der Waals surface area contributed by atoms with Crippen LogP contribution < -0.4 is 10.6 Å². The van der Waals surface area contributed by atoms with Crippen LogP contribution in [0.25, 0.3) is 0 Å². The molecule has 1 amide bonds. The molecule has 5 rings (SSSR count). The van der Waals surface area contributed by atoms with Gasteiger partial charge in [-0.2, -0.15) is 0 Å². The molecule has 0 radical (unpaired) electrons. The number of Topliss-reactive ketones (excluding diaryl/α,β-unsaturated/α-hetero) is 1. The summed E-state index contributed by atoms with van der Waals surface area (Å²) in [4.78, 5) is 32.3. The molecule has 0 saturated heterocycles. The number of halogens is 1. The molecule has 2 atom stereocenters. The number of amides is 1. The number of hydrogen-bond acceptors (Lipinski definition) is 5. The monoisotopic (exact) mass is 459 g/mol. The molecule has 0 unspecified atom stereocenters. The molecular formula is C26H22FN3O2S. The summed E-state index contributed by atoms with van der Waals surface area (Å²) in [6.07, 6.45) is 4.49. The third-order valence-corrected chi connectivity index (χ3v) is 7.17. The number of aromatic nitrogens is 1. The molecule has 0 bridgehead atoms. The third kappa shape index (κ3) is 4.12. The lowest BCUT2D eigenvalue weighted by Gasteiger charge is -2.36. The fourth-order valence-electron chi connectivity index (χ4n) is 4.68. The number of thiophene rings is 1. The van der Waals surface area contributed by atoms with Gasteiger partial charge in [0.15, 0.2) is 5.78 Å². The van der Waals surface area contributed by atoms with Crippen LogP contribution in [0.4, 0.5) is 10.1 Å². The number of hydrogen-bond donors (Lipinski definition) is 2. The summed E-state index contributed by atoms with van der Waals surface area (Å²) in [6.45, 7) is 1.85. The summed E-state index contributed by atoms with van der Waals surface area (Å²) >= 11 is 1.66. The quantitative estimate of drug-likeness (QED) is 0.557. The number of pyridine rings is 1. The van der Waals surface area contributed by atoms with Crippen LogP contribution in [0.1, 0.15) is 42.0 Å². The first-order chi connectivity index (χ1) is 16.0. The Labute approximate surface area is 195 Å². The maximum atomic E-state index is 13.5. The lowest BCUT2D eigenvalue weighted by atomic mass is 9.73. The van der Waals surface area contributed by atoms with Gasteiger partial charge < -0.3 is 10.6 Å². The van der Waals surface area contributed by atoms with E-state index in [0.717, 1.165) is 11.3 Å². The van der Waals surface area contributed by atoms with E-state index in [1.165, 1.54) is 29.1 Å². The molecule has 2 aromatic heterocycles. The molecule has 2 N–H and O–H groups in total. The number of nitrogens with one attached hydrogen (secondary N) is 2. The lowest BCUT2D eigenvalue weighted by molar-refractivity contribution is -0.116. The maximum absolute atomic E-state index is 13.5. The van der Waals surface area contributed by atoms with Crippen molar-refractivity contribution >= 4 is 28.7 Å². The normalized spacial score (nSPS) is 20.4. The molecule has 1 aromatic carbocycles. The lowest BCUT2D eigenvalue weighted by Crippen LogP contribution is -2.37. The average Bonchev–Trinajstić information content (AvgIpc) is 3.35. The summed E-state index contributed by atoms with van der Waals surface area (Å²) in [5, 5.41) is 8.25. The SMILES string of the molecule is CC1=C(C(=O)Nc2ccc(F)cc2)[C@@H](c2cccnc2)C2=C(C[C@@H](c3cccs3)CC2=O)N1. The van der Waals surface area contributed by atoms with E-state index in [-0.39, 0.29) is 23.4 Å². The Bertz CT molecular complexity index is 1260. The summed E-state index contributed by atoms with van der Waals surface area (Å²) in [5.41, 5.74) is 3.94. The van der Waals surface area contributed by atoms with Gasteiger partial charge >= 0.3 is 0 Å². The van der Waals surface area contributed by atoms with Crippen molar-refractivity contribution < 1.29 is 14.0 Å². The number of allylic oxidation sites excluding steroid dienone is 3. The van der Waals surface area contributed by atoms with Gasteiger partial charge in [0.05, 0.1) is 0 Å². The molecule has 33 heavy (non-hydrogen) atoms. The van der Waals surface area contributed by atoms with Gasteiger partial charge in [0.2, 0.25) is 0 Å². The largest absolute Gasteiger partial charge is 0.362 e. The maximum Gasteiger partial charge on any atom is 0.254 e. The second-order valence-electron chi connectivity index (χ2n) is 8.28. The van der Waals surface area contributed by atoms with E-state index in [2.05, 4.69) is 21.7 Å². The van der Waals surface area contributed by atoms with Crippen molar-refractivity contribution in [3.05, 3.63) is 105 Å².